The first-order chi connectivity index (χ1) is 5.79. The minimum Gasteiger partial charge on any atom is -0.318 e. The fraction of sp³-hybridized carbons (Fsp3) is 0.300. The van der Waals surface area contributed by atoms with Crippen LogP contribution >= 0.6 is 0 Å². The van der Waals surface area contributed by atoms with Crippen LogP contribution in [0.2, 0.25) is 0 Å². The van der Waals surface area contributed by atoms with Gasteiger partial charge in [0.2, 0.25) is 0 Å². The smallest absolute Gasteiger partial charge is 0.0636 e. The topological polar surface area (TPSA) is 38.9 Å². The van der Waals surface area contributed by atoms with E-state index in [9.17, 15) is 0 Å². The lowest BCUT2D eigenvalue weighted by Gasteiger charge is -1.92. The molecule has 62 valence electrons. The molecule has 0 bridgehead atoms. The molecule has 2 heteroatoms. The van der Waals surface area contributed by atoms with Crippen molar-refractivity contribution in [3.63, 3.8) is 0 Å². The Balaban J connectivity index is 2.51. The molecule has 1 heterocycles. The van der Waals surface area contributed by atoms with Gasteiger partial charge in [-0.2, -0.15) is 0 Å². The molecule has 2 N–H and O–H groups in total. The van der Waals surface area contributed by atoms with E-state index in [0.29, 0.717) is 0 Å². The molecule has 0 amide bonds. The predicted octanol–water partition coefficient (Wildman–Crippen LogP) is 0.975. The first-order valence-electron chi connectivity index (χ1n) is 3.92. The van der Waals surface area contributed by atoms with Gasteiger partial charge in [-0.1, -0.05) is 11.8 Å². The number of rotatable bonds is 1. The molecule has 1 rings (SSSR count). The van der Waals surface area contributed by atoms with E-state index in [0.717, 1.165) is 6.42 Å². The minimum atomic E-state index is -0.0353. The highest BCUT2D eigenvalue weighted by molar-refractivity contribution is 5.18. The molecule has 0 aliphatic heterocycles. The lowest BCUT2D eigenvalue weighted by Crippen LogP contribution is -2.10. The normalized spacial score (nSPS) is 11.5. The third-order valence-corrected chi connectivity index (χ3v) is 1.37. The Morgan fingerprint density at radius 2 is 2.17 bits per heavy atom. The van der Waals surface area contributed by atoms with Crippen LogP contribution in [-0.4, -0.2) is 11.0 Å². The van der Waals surface area contributed by atoms with E-state index in [1.807, 2.05) is 19.1 Å². The molecule has 0 radical (unpaired) electrons. The molecule has 1 unspecified atom stereocenters. The van der Waals surface area contributed by atoms with Gasteiger partial charge in [0.25, 0.3) is 0 Å². The fourth-order valence-electron chi connectivity index (χ4n) is 0.815. The van der Waals surface area contributed by atoms with E-state index < -0.39 is 0 Å². The van der Waals surface area contributed by atoms with Crippen molar-refractivity contribution in [3.05, 3.63) is 30.1 Å². The lowest BCUT2D eigenvalue weighted by atomic mass is 10.2. The van der Waals surface area contributed by atoms with Crippen LogP contribution < -0.4 is 5.73 Å². The zero-order valence-corrected chi connectivity index (χ0v) is 7.12. The second-order valence-corrected chi connectivity index (χ2v) is 2.64. The molecule has 1 atom stereocenters. The Labute approximate surface area is 72.8 Å². The molecule has 0 aliphatic rings. The number of pyridine rings is 1. The quantitative estimate of drug-likeness (QED) is 0.622. The molecule has 12 heavy (non-hydrogen) atoms. The average molecular weight is 160 g/mol. The van der Waals surface area contributed by atoms with Gasteiger partial charge in [0.05, 0.1) is 6.04 Å². The van der Waals surface area contributed by atoms with Crippen molar-refractivity contribution in [3.8, 4) is 11.8 Å². The summed E-state index contributed by atoms with van der Waals surface area (Å²) in [5, 5.41) is 0. The molecular weight excluding hydrogens is 148 g/mol. The second kappa shape index (κ2) is 4.53. The van der Waals surface area contributed by atoms with Crippen LogP contribution in [0.25, 0.3) is 0 Å². The Kier molecular flexibility index (Phi) is 3.31. The summed E-state index contributed by atoms with van der Waals surface area (Å²) in [5.41, 5.74) is 6.65. The van der Waals surface area contributed by atoms with Crippen molar-refractivity contribution in [1.82, 2.24) is 4.98 Å². The Bertz CT molecular complexity index is 280. The van der Waals surface area contributed by atoms with Crippen molar-refractivity contribution >= 4 is 0 Å². The van der Waals surface area contributed by atoms with E-state index in [2.05, 4.69) is 16.8 Å². The number of nitrogens with zero attached hydrogens (tertiary/aromatic N) is 1. The summed E-state index contributed by atoms with van der Waals surface area (Å²) in [6.07, 6.45) is 4.29. The number of hydrogen-bond acceptors (Lipinski definition) is 2. The van der Waals surface area contributed by atoms with Crippen LogP contribution in [-0.2, 0) is 6.42 Å². The molecule has 0 saturated heterocycles. The lowest BCUT2D eigenvalue weighted by molar-refractivity contribution is 0.957. The molecule has 1 aromatic rings. The molecule has 0 aliphatic carbocycles. The third kappa shape index (κ3) is 3.18. The van der Waals surface area contributed by atoms with Crippen molar-refractivity contribution < 1.29 is 0 Å². The Morgan fingerprint density at radius 3 is 2.75 bits per heavy atom. The summed E-state index contributed by atoms with van der Waals surface area (Å²) in [6.45, 7) is 1.87. The van der Waals surface area contributed by atoms with Gasteiger partial charge in [-0.3, -0.25) is 4.98 Å². The highest BCUT2D eigenvalue weighted by atomic mass is 14.6. The molecule has 2 nitrogen and oxygen atoms in total. The first-order valence-corrected chi connectivity index (χ1v) is 3.92. The summed E-state index contributed by atoms with van der Waals surface area (Å²) in [5.74, 6) is 5.90. The van der Waals surface area contributed by atoms with Crippen molar-refractivity contribution in [2.45, 2.75) is 19.4 Å². The Morgan fingerprint density at radius 1 is 1.50 bits per heavy atom. The van der Waals surface area contributed by atoms with Crippen LogP contribution in [0, 0.1) is 11.8 Å². The zero-order valence-electron chi connectivity index (χ0n) is 7.12. The van der Waals surface area contributed by atoms with Gasteiger partial charge < -0.3 is 5.73 Å². The third-order valence-electron chi connectivity index (χ3n) is 1.37. The van der Waals surface area contributed by atoms with E-state index in [-0.39, 0.29) is 6.04 Å². The molecule has 0 saturated carbocycles. The fourth-order valence-corrected chi connectivity index (χ4v) is 0.815. The summed E-state index contributed by atoms with van der Waals surface area (Å²) in [7, 11) is 0. The monoisotopic (exact) mass is 160 g/mol. The molecule has 1 aromatic heterocycles. The van der Waals surface area contributed by atoms with Crippen molar-refractivity contribution in [2.24, 2.45) is 5.73 Å². The summed E-state index contributed by atoms with van der Waals surface area (Å²) < 4.78 is 0. The maximum Gasteiger partial charge on any atom is 0.0636 e. The molecule has 0 spiro atoms. The van der Waals surface area contributed by atoms with Gasteiger partial charge in [0.1, 0.15) is 0 Å². The maximum atomic E-state index is 5.47. The summed E-state index contributed by atoms with van der Waals surface area (Å²) in [4.78, 5) is 3.92. The summed E-state index contributed by atoms with van der Waals surface area (Å²) in [6, 6.07) is 3.87. The van der Waals surface area contributed by atoms with E-state index >= 15 is 0 Å². The van der Waals surface area contributed by atoms with Crippen LogP contribution in [0.15, 0.2) is 24.5 Å². The van der Waals surface area contributed by atoms with Gasteiger partial charge in [0.15, 0.2) is 0 Å². The average Bonchev–Trinajstić information content (AvgIpc) is 2.05. The maximum absolute atomic E-state index is 5.47. The van der Waals surface area contributed by atoms with E-state index in [4.69, 9.17) is 5.73 Å². The number of nitrogens with two attached hydrogens (primary N) is 1. The Hall–Kier alpha value is -1.33. The van der Waals surface area contributed by atoms with Gasteiger partial charge in [-0.25, -0.2) is 0 Å². The van der Waals surface area contributed by atoms with E-state index in [1.54, 1.807) is 12.4 Å². The molecule has 0 fully saturated rings. The predicted molar refractivity (Wildman–Crippen MR) is 49.4 cm³/mol. The van der Waals surface area contributed by atoms with Gasteiger partial charge in [-0.15, -0.1) is 0 Å². The van der Waals surface area contributed by atoms with Crippen LogP contribution in [0.3, 0.4) is 0 Å². The van der Waals surface area contributed by atoms with Gasteiger partial charge in [-0.05, 0) is 24.6 Å². The van der Waals surface area contributed by atoms with Gasteiger partial charge >= 0.3 is 0 Å². The number of hydrogen-bond donors (Lipinski definition) is 1. The molecule has 0 aromatic carbocycles. The zero-order chi connectivity index (χ0) is 8.81. The summed E-state index contributed by atoms with van der Waals surface area (Å²) >= 11 is 0. The highest BCUT2D eigenvalue weighted by Crippen LogP contribution is 1.95. The van der Waals surface area contributed by atoms with Gasteiger partial charge in [0, 0.05) is 18.8 Å². The standard InChI is InChI=1S/C10H12N2/c1-9(11)3-2-4-10-5-7-12-8-6-10/h5-9H,4,11H2,1H3. The van der Waals surface area contributed by atoms with Crippen molar-refractivity contribution in [2.75, 3.05) is 0 Å². The molecular formula is C10H12N2. The van der Waals surface area contributed by atoms with Crippen molar-refractivity contribution in [1.29, 1.82) is 0 Å². The van der Waals surface area contributed by atoms with Crippen LogP contribution in [0.4, 0.5) is 0 Å². The van der Waals surface area contributed by atoms with E-state index in [1.165, 1.54) is 5.56 Å². The minimum absolute atomic E-state index is 0.0353. The largest absolute Gasteiger partial charge is 0.318 e. The first kappa shape index (κ1) is 8.76. The van der Waals surface area contributed by atoms with Crippen LogP contribution in [0.1, 0.15) is 12.5 Å². The SMILES string of the molecule is CC(N)C#CCc1ccncc1. The number of aromatic nitrogens is 1. The second-order valence-electron chi connectivity index (χ2n) is 2.64. The van der Waals surface area contributed by atoms with Crippen LogP contribution in [0.5, 0.6) is 0 Å². The highest BCUT2D eigenvalue weighted by Gasteiger charge is 1.86.